The zero-order valence-corrected chi connectivity index (χ0v) is 12.7. The normalized spacial score (nSPS) is 20.3. The lowest BCUT2D eigenvalue weighted by atomic mass is 10.1. The number of hydrogen-bond donors (Lipinski definition) is 1. The highest BCUT2D eigenvalue weighted by atomic mass is 16.1. The van der Waals surface area contributed by atoms with Crippen LogP contribution in [0.4, 0.5) is 5.69 Å². The molecule has 1 aliphatic carbocycles. The first-order chi connectivity index (χ1) is 10.3. The second kappa shape index (κ2) is 6.92. The molecule has 0 unspecified atom stereocenters. The summed E-state index contributed by atoms with van der Waals surface area (Å²) in [7, 11) is 0. The lowest BCUT2D eigenvalue weighted by Crippen LogP contribution is -2.34. The van der Waals surface area contributed by atoms with Gasteiger partial charge in [-0.25, -0.2) is 4.98 Å². The minimum absolute atomic E-state index is 0.0186. The molecule has 4 heteroatoms. The SMILES string of the molecule is O=C(NC1CCCCCC1)c1ccc(N2CCCC2)cn1. The summed E-state index contributed by atoms with van der Waals surface area (Å²) in [5, 5.41) is 3.15. The quantitative estimate of drug-likeness (QED) is 0.869. The Hall–Kier alpha value is -1.58. The molecule has 2 aliphatic rings. The molecule has 3 rings (SSSR count). The van der Waals surface area contributed by atoms with Crippen LogP contribution < -0.4 is 10.2 Å². The van der Waals surface area contributed by atoms with E-state index in [-0.39, 0.29) is 5.91 Å². The highest BCUT2D eigenvalue weighted by Crippen LogP contribution is 2.20. The van der Waals surface area contributed by atoms with Gasteiger partial charge < -0.3 is 10.2 Å². The molecule has 21 heavy (non-hydrogen) atoms. The van der Waals surface area contributed by atoms with Crippen LogP contribution in [0.2, 0.25) is 0 Å². The summed E-state index contributed by atoms with van der Waals surface area (Å²) in [6, 6.07) is 4.22. The largest absolute Gasteiger partial charge is 0.370 e. The molecule has 1 saturated carbocycles. The molecule has 4 nitrogen and oxygen atoms in total. The zero-order valence-electron chi connectivity index (χ0n) is 12.7. The lowest BCUT2D eigenvalue weighted by molar-refractivity contribution is 0.0928. The highest BCUT2D eigenvalue weighted by molar-refractivity contribution is 5.92. The fraction of sp³-hybridized carbons (Fsp3) is 0.647. The van der Waals surface area contributed by atoms with Crippen molar-refractivity contribution < 1.29 is 4.79 Å². The van der Waals surface area contributed by atoms with E-state index in [9.17, 15) is 4.79 Å². The summed E-state index contributed by atoms with van der Waals surface area (Å²) in [5.74, 6) is -0.0186. The average Bonchev–Trinajstić information content (AvgIpc) is 2.93. The molecule has 1 saturated heterocycles. The molecule has 0 radical (unpaired) electrons. The summed E-state index contributed by atoms with van der Waals surface area (Å²) < 4.78 is 0. The van der Waals surface area contributed by atoms with Gasteiger partial charge >= 0.3 is 0 Å². The average molecular weight is 287 g/mol. The number of rotatable bonds is 3. The molecule has 2 heterocycles. The molecular formula is C17H25N3O. The summed E-state index contributed by atoms with van der Waals surface area (Å²) in [6.07, 6.45) is 11.6. The van der Waals surface area contributed by atoms with Gasteiger partial charge in [-0.15, -0.1) is 0 Å². The Morgan fingerprint density at radius 1 is 1.05 bits per heavy atom. The van der Waals surface area contributed by atoms with Gasteiger partial charge in [-0.1, -0.05) is 25.7 Å². The van der Waals surface area contributed by atoms with Crippen LogP contribution in [0.3, 0.4) is 0 Å². The van der Waals surface area contributed by atoms with Crippen molar-refractivity contribution >= 4 is 11.6 Å². The third kappa shape index (κ3) is 3.74. The number of pyridine rings is 1. The van der Waals surface area contributed by atoms with Gasteiger partial charge in [-0.05, 0) is 37.8 Å². The molecule has 1 amide bonds. The zero-order chi connectivity index (χ0) is 14.5. The molecule has 0 spiro atoms. The smallest absolute Gasteiger partial charge is 0.270 e. The maximum atomic E-state index is 12.3. The van der Waals surface area contributed by atoms with Crippen molar-refractivity contribution in [1.82, 2.24) is 10.3 Å². The summed E-state index contributed by atoms with van der Waals surface area (Å²) in [5.41, 5.74) is 1.68. The summed E-state index contributed by atoms with van der Waals surface area (Å²) in [6.45, 7) is 2.21. The van der Waals surface area contributed by atoms with E-state index in [0.29, 0.717) is 11.7 Å². The molecule has 2 fully saturated rings. The molecule has 114 valence electrons. The van der Waals surface area contributed by atoms with Crippen molar-refractivity contribution in [2.24, 2.45) is 0 Å². The summed E-state index contributed by atoms with van der Waals surface area (Å²) in [4.78, 5) is 19.0. The lowest BCUT2D eigenvalue weighted by Gasteiger charge is -2.18. The van der Waals surface area contributed by atoms with Crippen LogP contribution in [0.5, 0.6) is 0 Å². The van der Waals surface area contributed by atoms with E-state index in [1.807, 2.05) is 18.3 Å². The first kappa shape index (κ1) is 14.4. The Kier molecular flexibility index (Phi) is 4.73. The van der Waals surface area contributed by atoms with E-state index in [0.717, 1.165) is 31.6 Å². The molecule has 1 aliphatic heterocycles. The third-order valence-electron chi connectivity index (χ3n) is 4.64. The standard InChI is InChI=1S/C17H25N3O/c21-17(19-14-7-3-1-2-4-8-14)16-10-9-15(13-18-16)20-11-5-6-12-20/h9-10,13-14H,1-8,11-12H2,(H,19,21). The van der Waals surface area contributed by atoms with E-state index in [1.54, 1.807) is 0 Å². The topological polar surface area (TPSA) is 45.2 Å². The Morgan fingerprint density at radius 2 is 1.76 bits per heavy atom. The van der Waals surface area contributed by atoms with Gasteiger partial charge in [-0.3, -0.25) is 4.79 Å². The predicted octanol–water partition coefficient (Wildman–Crippen LogP) is 3.13. The Labute approximate surface area is 126 Å². The van der Waals surface area contributed by atoms with Gasteiger partial charge in [0.2, 0.25) is 0 Å². The third-order valence-corrected chi connectivity index (χ3v) is 4.64. The van der Waals surface area contributed by atoms with Gasteiger partial charge in [-0.2, -0.15) is 0 Å². The number of aromatic nitrogens is 1. The van der Waals surface area contributed by atoms with Crippen molar-refractivity contribution in [2.45, 2.75) is 57.4 Å². The predicted molar refractivity (Wildman–Crippen MR) is 84.6 cm³/mol. The Balaban J connectivity index is 1.58. The Morgan fingerprint density at radius 3 is 2.38 bits per heavy atom. The number of anilines is 1. The summed E-state index contributed by atoms with van der Waals surface area (Å²) >= 11 is 0. The van der Waals surface area contributed by atoms with Crippen LogP contribution in [-0.4, -0.2) is 30.0 Å². The second-order valence-electron chi connectivity index (χ2n) is 6.26. The van der Waals surface area contributed by atoms with Crippen molar-refractivity contribution in [3.63, 3.8) is 0 Å². The van der Waals surface area contributed by atoms with Crippen molar-refractivity contribution in [1.29, 1.82) is 0 Å². The maximum Gasteiger partial charge on any atom is 0.270 e. The van der Waals surface area contributed by atoms with Crippen LogP contribution in [-0.2, 0) is 0 Å². The van der Waals surface area contributed by atoms with E-state index in [1.165, 1.54) is 38.5 Å². The van der Waals surface area contributed by atoms with Gasteiger partial charge in [0, 0.05) is 19.1 Å². The van der Waals surface area contributed by atoms with Crippen molar-refractivity contribution in [3.8, 4) is 0 Å². The Bertz CT molecular complexity index is 457. The van der Waals surface area contributed by atoms with Gasteiger partial charge in [0.1, 0.15) is 5.69 Å². The van der Waals surface area contributed by atoms with E-state index >= 15 is 0 Å². The van der Waals surface area contributed by atoms with E-state index in [2.05, 4.69) is 15.2 Å². The number of carbonyl (C=O) groups is 1. The fourth-order valence-corrected chi connectivity index (χ4v) is 3.37. The number of carbonyl (C=O) groups excluding carboxylic acids is 1. The van der Waals surface area contributed by atoms with Crippen LogP contribution >= 0.6 is 0 Å². The van der Waals surface area contributed by atoms with Crippen LogP contribution in [0.15, 0.2) is 18.3 Å². The number of amides is 1. The number of hydrogen-bond acceptors (Lipinski definition) is 3. The number of nitrogens with one attached hydrogen (secondary N) is 1. The molecular weight excluding hydrogens is 262 g/mol. The molecule has 1 aromatic heterocycles. The molecule has 0 atom stereocenters. The second-order valence-corrected chi connectivity index (χ2v) is 6.26. The first-order valence-corrected chi connectivity index (χ1v) is 8.35. The molecule has 0 aromatic carbocycles. The van der Waals surface area contributed by atoms with Crippen molar-refractivity contribution in [2.75, 3.05) is 18.0 Å². The minimum Gasteiger partial charge on any atom is -0.370 e. The molecule has 0 bridgehead atoms. The highest BCUT2D eigenvalue weighted by Gasteiger charge is 2.17. The van der Waals surface area contributed by atoms with Crippen LogP contribution in [0.25, 0.3) is 0 Å². The van der Waals surface area contributed by atoms with Gasteiger partial charge in [0.05, 0.1) is 11.9 Å². The van der Waals surface area contributed by atoms with Crippen molar-refractivity contribution in [3.05, 3.63) is 24.0 Å². The fourth-order valence-electron chi connectivity index (χ4n) is 3.37. The van der Waals surface area contributed by atoms with E-state index < -0.39 is 0 Å². The van der Waals surface area contributed by atoms with Gasteiger partial charge in [0.25, 0.3) is 5.91 Å². The van der Waals surface area contributed by atoms with E-state index in [4.69, 9.17) is 0 Å². The first-order valence-electron chi connectivity index (χ1n) is 8.35. The maximum absolute atomic E-state index is 12.3. The van der Waals surface area contributed by atoms with Crippen LogP contribution in [0, 0.1) is 0 Å². The number of nitrogens with zero attached hydrogens (tertiary/aromatic N) is 2. The monoisotopic (exact) mass is 287 g/mol. The molecule has 1 N–H and O–H groups in total. The van der Waals surface area contributed by atoms with Gasteiger partial charge in [0.15, 0.2) is 0 Å². The minimum atomic E-state index is -0.0186. The molecule has 1 aromatic rings. The van der Waals surface area contributed by atoms with Crippen LogP contribution in [0.1, 0.15) is 61.9 Å².